The average Bonchev–Trinajstić information content (AvgIpc) is 2.84. The van der Waals surface area contributed by atoms with Gasteiger partial charge in [-0.1, -0.05) is 83.3 Å². The molecule has 2 aliphatic carbocycles. The van der Waals surface area contributed by atoms with Crippen molar-refractivity contribution in [2.24, 2.45) is 17.8 Å². The van der Waals surface area contributed by atoms with Gasteiger partial charge in [-0.25, -0.2) is 0 Å². The van der Waals surface area contributed by atoms with Crippen LogP contribution in [-0.4, -0.2) is 0 Å². The van der Waals surface area contributed by atoms with Gasteiger partial charge in [0.2, 0.25) is 0 Å². The summed E-state index contributed by atoms with van der Waals surface area (Å²) in [5.41, 5.74) is 0. The van der Waals surface area contributed by atoms with Gasteiger partial charge in [0.05, 0.1) is 0 Å². The molecule has 0 saturated heterocycles. The highest BCUT2D eigenvalue weighted by Crippen LogP contribution is 2.37. The maximum atomic E-state index is 2.43. The summed E-state index contributed by atoms with van der Waals surface area (Å²) in [6.45, 7) is 2.26. The summed E-state index contributed by atoms with van der Waals surface area (Å²) in [7, 11) is 0. The Hall–Kier alpha value is -0.260. The molecule has 2 unspecified atom stereocenters. The van der Waals surface area contributed by atoms with Crippen LogP contribution < -0.4 is 0 Å². The minimum Gasteiger partial charge on any atom is -0.0885 e. The predicted octanol–water partition coefficient (Wildman–Crippen LogP) is 6.90. The molecule has 0 aromatic rings. The summed E-state index contributed by atoms with van der Waals surface area (Å²) >= 11 is 0. The summed E-state index contributed by atoms with van der Waals surface area (Å²) in [4.78, 5) is 0. The molecule has 2 rings (SSSR count). The van der Waals surface area contributed by atoms with Crippen LogP contribution >= 0.6 is 0 Å². The predicted molar refractivity (Wildman–Crippen MR) is 89.9 cm³/mol. The van der Waals surface area contributed by atoms with Gasteiger partial charge in [0.1, 0.15) is 0 Å². The van der Waals surface area contributed by atoms with Crippen molar-refractivity contribution in [2.45, 2.75) is 96.8 Å². The minimum absolute atomic E-state index is 1.05. The van der Waals surface area contributed by atoms with Crippen LogP contribution in [0.15, 0.2) is 12.2 Å². The molecular weight excluding hydrogens is 240 g/mol. The standard InChI is InChI=1S/C20H36/c1-2-3-4-5-6-11-19-15-16-20(17-19)12-8-7-10-18-13-9-14-18/h4-5,18-20H,2-3,6-17H2,1H3/b5-4-. The van der Waals surface area contributed by atoms with Gasteiger partial charge < -0.3 is 0 Å². The first-order valence-corrected chi connectivity index (χ1v) is 9.53. The molecule has 2 atom stereocenters. The Morgan fingerprint density at radius 2 is 1.40 bits per heavy atom. The van der Waals surface area contributed by atoms with Crippen molar-refractivity contribution >= 4 is 0 Å². The van der Waals surface area contributed by atoms with Crippen molar-refractivity contribution in [3.8, 4) is 0 Å². The van der Waals surface area contributed by atoms with Crippen molar-refractivity contribution in [1.29, 1.82) is 0 Å². The van der Waals surface area contributed by atoms with E-state index in [0.29, 0.717) is 0 Å². The lowest BCUT2D eigenvalue weighted by molar-refractivity contribution is 0.283. The molecular formula is C20H36. The third-order valence-corrected chi connectivity index (χ3v) is 5.71. The molecule has 0 spiro atoms. The van der Waals surface area contributed by atoms with Crippen LogP contribution in [0.5, 0.6) is 0 Å². The molecule has 0 heteroatoms. The Kier molecular flexibility index (Phi) is 7.76. The number of rotatable bonds is 10. The van der Waals surface area contributed by atoms with Gasteiger partial charge in [-0.3, -0.25) is 0 Å². The van der Waals surface area contributed by atoms with E-state index in [4.69, 9.17) is 0 Å². The Morgan fingerprint density at radius 1 is 0.750 bits per heavy atom. The zero-order valence-corrected chi connectivity index (χ0v) is 13.8. The molecule has 0 aromatic carbocycles. The topological polar surface area (TPSA) is 0 Å². The smallest absolute Gasteiger partial charge is 0.0348 e. The first-order valence-electron chi connectivity index (χ1n) is 9.53. The average molecular weight is 277 g/mol. The van der Waals surface area contributed by atoms with E-state index in [9.17, 15) is 0 Å². The molecule has 2 aliphatic rings. The number of hydrogen-bond acceptors (Lipinski definition) is 0. The second kappa shape index (κ2) is 9.64. The fraction of sp³-hybridized carbons (Fsp3) is 0.900. The van der Waals surface area contributed by atoms with E-state index in [1.807, 2.05) is 0 Å². The van der Waals surface area contributed by atoms with Crippen LogP contribution in [0.4, 0.5) is 0 Å². The number of unbranched alkanes of at least 4 members (excludes halogenated alkanes) is 2. The maximum absolute atomic E-state index is 2.43. The summed E-state index contributed by atoms with van der Waals surface area (Å²) in [5.74, 6) is 3.26. The molecule has 2 saturated carbocycles. The highest BCUT2D eigenvalue weighted by atomic mass is 14.3. The van der Waals surface area contributed by atoms with E-state index in [1.165, 1.54) is 77.0 Å². The van der Waals surface area contributed by atoms with Crippen molar-refractivity contribution in [1.82, 2.24) is 0 Å². The lowest BCUT2D eigenvalue weighted by Crippen LogP contribution is -2.10. The second-order valence-electron chi connectivity index (χ2n) is 7.46. The van der Waals surface area contributed by atoms with Crippen LogP contribution in [-0.2, 0) is 0 Å². The SMILES string of the molecule is CCC/C=C\CCC1CCC(CCCCC2CCC2)C1. The van der Waals surface area contributed by atoms with Gasteiger partial charge in [-0.2, -0.15) is 0 Å². The van der Waals surface area contributed by atoms with Crippen molar-refractivity contribution in [3.63, 3.8) is 0 Å². The summed E-state index contributed by atoms with van der Waals surface area (Å²) < 4.78 is 0. The molecule has 0 heterocycles. The molecule has 2 fully saturated rings. The highest BCUT2D eigenvalue weighted by molar-refractivity contribution is 4.84. The van der Waals surface area contributed by atoms with Crippen molar-refractivity contribution < 1.29 is 0 Å². The van der Waals surface area contributed by atoms with E-state index >= 15 is 0 Å². The summed E-state index contributed by atoms with van der Waals surface area (Å²) in [5, 5.41) is 0. The Bertz CT molecular complexity index is 261. The van der Waals surface area contributed by atoms with Crippen molar-refractivity contribution in [2.75, 3.05) is 0 Å². The first-order chi connectivity index (χ1) is 9.88. The van der Waals surface area contributed by atoms with Crippen LogP contribution in [0.2, 0.25) is 0 Å². The molecule has 0 amide bonds. The quantitative estimate of drug-likeness (QED) is 0.301. The lowest BCUT2D eigenvalue weighted by atomic mass is 9.81. The van der Waals surface area contributed by atoms with Gasteiger partial charge >= 0.3 is 0 Å². The second-order valence-corrected chi connectivity index (χ2v) is 7.46. The highest BCUT2D eigenvalue weighted by Gasteiger charge is 2.23. The molecule has 0 aliphatic heterocycles. The zero-order chi connectivity index (χ0) is 14.0. The van der Waals surface area contributed by atoms with E-state index in [2.05, 4.69) is 19.1 Å². The number of allylic oxidation sites excluding steroid dienone is 2. The van der Waals surface area contributed by atoms with E-state index in [-0.39, 0.29) is 0 Å². The molecule has 0 N–H and O–H groups in total. The monoisotopic (exact) mass is 276 g/mol. The molecule has 20 heavy (non-hydrogen) atoms. The van der Waals surface area contributed by atoms with Crippen molar-refractivity contribution in [3.05, 3.63) is 12.2 Å². The fourth-order valence-corrected chi connectivity index (χ4v) is 4.08. The van der Waals surface area contributed by atoms with Crippen LogP contribution in [0, 0.1) is 17.8 Å². The molecule has 0 radical (unpaired) electrons. The fourth-order valence-electron chi connectivity index (χ4n) is 4.08. The summed E-state index contributed by atoms with van der Waals surface area (Å²) in [6, 6.07) is 0. The molecule has 0 aromatic heterocycles. The third kappa shape index (κ3) is 6.02. The molecule has 116 valence electrons. The van der Waals surface area contributed by atoms with Gasteiger partial charge in [-0.15, -0.1) is 0 Å². The van der Waals surface area contributed by atoms with Gasteiger partial charge in [0.15, 0.2) is 0 Å². The summed E-state index contributed by atoms with van der Waals surface area (Å²) in [6.07, 6.45) is 25.5. The Balaban J connectivity index is 1.44. The zero-order valence-electron chi connectivity index (χ0n) is 13.8. The van der Waals surface area contributed by atoms with Crippen LogP contribution in [0.1, 0.15) is 96.8 Å². The Morgan fingerprint density at radius 3 is 2.05 bits per heavy atom. The number of hydrogen-bond donors (Lipinski definition) is 0. The largest absolute Gasteiger partial charge is 0.0885 e. The van der Waals surface area contributed by atoms with Gasteiger partial charge in [-0.05, 0) is 43.4 Å². The van der Waals surface area contributed by atoms with Gasteiger partial charge in [0.25, 0.3) is 0 Å². The normalized spacial score (nSPS) is 27.2. The van der Waals surface area contributed by atoms with E-state index in [0.717, 1.165) is 17.8 Å². The van der Waals surface area contributed by atoms with E-state index < -0.39 is 0 Å². The lowest BCUT2D eigenvalue weighted by Gasteiger charge is -2.25. The first kappa shape index (κ1) is 16.1. The van der Waals surface area contributed by atoms with Crippen LogP contribution in [0.3, 0.4) is 0 Å². The Labute approximate surface area is 127 Å². The van der Waals surface area contributed by atoms with E-state index in [1.54, 1.807) is 12.8 Å². The molecule has 0 bridgehead atoms. The minimum atomic E-state index is 1.05. The third-order valence-electron chi connectivity index (χ3n) is 5.71. The van der Waals surface area contributed by atoms with Gasteiger partial charge in [0, 0.05) is 0 Å². The maximum Gasteiger partial charge on any atom is -0.0348 e. The molecule has 0 nitrogen and oxygen atoms in total. The van der Waals surface area contributed by atoms with Crippen LogP contribution in [0.25, 0.3) is 0 Å².